The third kappa shape index (κ3) is 3.84. The molecule has 3 heterocycles. The molecule has 0 radical (unpaired) electrons. The predicted molar refractivity (Wildman–Crippen MR) is 116 cm³/mol. The lowest BCUT2D eigenvalue weighted by Gasteiger charge is -2.39. The first kappa shape index (κ1) is 20.5. The first-order valence-corrected chi connectivity index (χ1v) is 11.7. The third-order valence-electron chi connectivity index (χ3n) is 7.72. The van der Waals surface area contributed by atoms with Gasteiger partial charge in [-0.05, 0) is 43.6 Å². The summed E-state index contributed by atoms with van der Waals surface area (Å²) in [5, 5.41) is 3.05. The Bertz CT molecular complexity index is 857. The van der Waals surface area contributed by atoms with Crippen LogP contribution in [0, 0.1) is 11.8 Å². The van der Waals surface area contributed by atoms with E-state index in [1.54, 1.807) is 0 Å². The molecule has 1 aliphatic carbocycles. The van der Waals surface area contributed by atoms with Crippen LogP contribution in [0.1, 0.15) is 44.6 Å². The number of hydrogen-bond donors (Lipinski definition) is 1. The molecule has 1 saturated carbocycles. The number of nitrogens with zero attached hydrogens (tertiary/aromatic N) is 3. The van der Waals surface area contributed by atoms with Gasteiger partial charge in [-0.1, -0.05) is 37.3 Å². The minimum Gasteiger partial charge on any atom is -0.342 e. The van der Waals surface area contributed by atoms with E-state index in [-0.39, 0.29) is 29.8 Å². The van der Waals surface area contributed by atoms with Crippen molar-refractivity contribution in [1.29, 1.82) is 0 Å². The Morgan fingerprint density at radius 3 is 2.32 bits per heavy atom. The minimum absolute atomic E-state index is 0.0579. The van der Waals surface area contributed by atoms with Crippen molar-refractivity contribution in [2.75, 3.05) is 26.2 Å². The number of nitrogens with one attached hydrogen (secondary N) is 1. The molecule has 0 bridgehead atoms. The van der Waals surface area contributed by atoms with Crippen molar-refractivity contribution in [3.05, 3.63) is 35.9 Å². The van der Waals surface area contributed by atoms with Crippen molar-refractivity contribution in [3.63, 3.8) is 0 Å². The molecule has 31 heavy (non-hydrogen) atoms. The van der Waals surface area contributed by atoms with Gasteiger partial charge in [0.2, 0.25) is 5.91 Å². The van der Waals surface area contributed by atoms with Crippen molar-refractivity contribution in [2.24, 2.45) is 11.8 Å². The number of likely N-dealkylation sites (tertiary alicyclic amines) is 2. The van der Waals surface area contributed by atoms with Crippen LogP contribution in [0.25, 0.3) is 0 Å². The second kappa shape index (κ2) is 7.93. The highest BCUT2D eigenvalue weighted by molar-refractivity contribution is 6.07. The molecule has 1 aromatic carbocycles. The highest BCUT2D eigenvalue weighted by atomic mass is 16.2. The Balaban J connectivity index is 1.17. The Hall–Kier alpha value is -2.41. The summed E-state index contributed by atoms with van der Waals surface area (Å²) < 4.78 is 0. The van der Waals surface area contributed by atoms with Crippen LogP contribution >= 0.6 is 0 Å². The van der Waals surface area contributed by atoms with Crippen LogP contribution in [-0.4, -0.2) is 70.3 Å². The molecule has 4 fully saturated rings. The standard InChI is InChI=1S/C24H32N4O3/c1-17-15-20(17)21(29)27-11-7-19(8-12-27)28-22(30)24(25-23(28)31)9-13-26(14-10-24)16-18-5-3-2-4-6-18/h2-6,17,19-20H,7-16H2,1H3,(H,25,31)/t17-,20-/m0/s1. The third-order valence-corrected chi connectivity index (χ3v) is 7.72. The van der Waals surface area contributed by atoms with E-state index in [1.165, 1.54) is 10.5 Å². The lowest BCUT2D eigenvalue weighted by molar-refractivity contribution is -0.137. The number of piperidine rings is 2. The topological polar surface area (TPSA) is 73.0 Å². The SMILES string of the molecule is C[C@H]1C[C@@H]1C(=O)N1CCC(N2C(=O)NC3(CCN(Cc4ccccc4)CC3)C2=O)CC1. The predicted octanol–water partition coefficient (Wildman–Crippen LogP) is 2.22. The normalized spacial score (nSPS) is 28.8. The summed E-state index contributed by atoms with van der Waals surface area (Å²) in [4.78, 5) is 44.4. The molecule has 1 N–H and O–H groups in total. The monoisotopic (exact) mass is 424 g/mol. The first-order valence-electron chi connectivity index (χ1n) is 11.7. The van der Waals surface area contributed by atoms with Gasteiger partial charge in [0, 0.05) is 44.7 Å². The summed E-state index contributed by atoms with van der Waals surface area (Å²) in [5.41, 5.74) is 0.518. The van der Waals surface area contributed by atoms with E-state index in [0.717, 1.165) is 26.1 Å². The molecule has 7 nitrogen and oxygen atoms in total. The molecule has 1 aromatic rings. The molecule has 3 aliphatic heterocycles. The number of rotatable bonds is 4. The quantitative estimate of drug-likeness (QED) is 0.753. The van der Waals surface area contributed by atoms with Gasteiger partial charge < -0.3 is 10.2 Å². The molecular formula is C24H32N4O3. The second-order valence-electron chi connectivity index (χ2n) is 9.83. The molecule has 0 unspecified atom stereocenters. The molecule has 166 valence electrons. The molecule has 2 atom stereocenters. The fourth-order valence-corrected chi connectivity index (χ4v) is 5.49. The molecule has 5 rings (SSSR count). The van der Waals surface area contributed by atoms with Gasteiger partial charge in [-0.3, -0.25) is 19.4 Å². The van der Waals surface area contributed by atoms with Crippen LogP contribution in [0.2, 0.25) is 0 Å². The van der Waals surface area contributed by atoms with E-state index in [0.29, 0.717) is 44.7 Å². The maximum Gasteiger partial charge on any atom is 0.325 e. The maximum atomic E-state index is 13.4. The lowest BCUT2D eigenvalue weighted by Crippen LogP contribution is -2.55. The summed E-state index contributed by atoms with van der Waals surface area (Å²) in [6, 6.07) is 10.00. The summed E-state index contributed by atoms with van der Waals surface area (Å²) in [6.45, 7) is 5.85. The Kier molecular flexibility index (Phi) is 5.24. The maximum absolute atomic E-state index is 13.4. The number of benzene rings is 1. The van der Waals surface area contributed by atoms with E-state index in [2.05, 4.69) is 29.3 Å². The number of carbonyl (C=O) groups is 3. The molecule has 1 spiro atoms. The average molecular weight is 425 g/mol. The zero-order valence-electron chi connectivity index (χ0n) is 18.3. The zero-order chi connectivity index (χ0) is 21.6. The zero-order valence-corrected chi connectivity index (χ0v) is 18.3. The van der Waals surface area contributed by atoms with Crippen molar-refractivity contribution >= 4 is 17.8 Å². The van der Waals surface area contributed by atoms with Crippen molar-refractivity contribution < 1.29 is 14.4 Å². The van der Waals surface area contributed by atoms with Crippen LogP contribution in [0.3, 0.4) is 0 Å². The van der Waals surface area contributed by atoms with Crippen LogP contribution < -0.4 is 5.32 Å². The van der Waals surface area contributed by atoms with Crippen LogP contribution in [-0.2, 0) is 16.1 Å². The van der Waals surface area contributed by atoms with Gasteiger partial charge in [0.15, 0.2) is 0 Å². The van der Waals surface area contributed by atoms with Gasteiger partial charge in [0.05, 0.1) is 0 Å². The second-order valence-corrected chi connectivity index (χ2v) is 9.83. The summed E-state index contributed by atoms with van der Waals surface area (Å²) >= 11 is 0. The van der Waals surface area contributed by atoms with Gasteiger partial charge in [0.25, 0.3) is 5.91 Å². The Morgan fingerprint density at radius 1 is 1.06 bits per heavy atom. The van der Waals surface area contributed by atoms with E-state index >= 15 is 0 Å². The summed E-state index contributed by atoms with van der Waals surface area (Å²) in [5.74, 6) is 0.893. The summed E-state index contributed by atoms with van der Waals surface area (Å²) in [7, 11) is 0. The smallest absolute Gasteiger partial charge is 0.325 e. The van der Waals surface area contributed by atoms with Gasteiger partial charge in [0.1, 0.15) is 5.54 Å². The van der Waals surface area contributed by atoms with E-state index in [4.69, 9.17) is 0 Å². The highest BCUT2D eigenvalue weighted by Gasteiger charge is 2.54. The highest BCUT2D eigenvalue weighted by Crippen LogP contribution is 2.40. The number of imide groups is 1. The van der Waals surface area contributed by atoms with Gasteiger partial charge in [-0.2, -0.15) is 0 Å². The molecular weight excluding hydrogens is 392 g/mol. The lowest BCUT2D eigenvalue weighted by atomic mass is 9.86. The number of urea groups is 1. The molecule has 7 heteroatoms. The van der Waals surface area contributed by atoms with Crippen molar-refractivity contribution in [2.45, 2.75) is 57.2 Å². The fraction of sp³-hybridized carbons (Fsp3) is 0.625. The largest absolute Gasteiger partial charge is 0.342 e. The molecule has 4 aliphatic rings. The van der Waals surface area contributed by atoms with Gasteiger partial charge in [-0.15, -0.1) is 0 Å². The van der Waals surface area contributed by atoms with Crippen LogP contribution in [0.4, 0.5) is 4.79 Å². The van der Waals surface area contributed by atoms with E-state index in [9.17, 15) is 14.4 Å². The van der Waals surface area contributed by atoms with E-state index in [1.807, 2.05) is 23.1 Å². The number of amides is 4. The molecule has 3 saturated heterocycles. The fourth-order valence-electron chi connectivity index (χ4n) is 5.49. The van der Waals surface area contributed by atoms with Gasteiger partial charge in [-0.25, -0.2) is 4.79 Å². The Morgan fingerprint density at radius 2 is 1.71 bits per heavy atom. The average Bonchev–Trinajstić information content (AvgIpc) is 3.46. The Labute approximate surface area is 183 Å². The van der Waals surface area contributed by atoms with Crippen molar-refractivity contribution in [1.82, 2.24) is 20.0 Å². The van der Waals surface area contributed by atoms with Crippen molar-refractivity contribution in [3.8, 4) is 0 Å². The first-order chi connectivity index (χ1) is 15.0. The molecule has 4 amide bonds. The number of hydrogen-bond acceptors (Lipinski definition) is 4. The van der Waals surface area contributed by atoms with E-state index < -0.39 is 5.54 Å². The van der Waals surface area contributed by atoms with Crippen LogP contribution in [0.15, 0.2) is 30.3 Å². The molecule has 0 aromatic heterocycles. The minimum atomic E-state index is -0.749. The van der Waals surface area contributed by atoms with Gasteiger partial charge >= 0.3 is 6.03 Å². The van der Waals surface area contributed by atoms with Crippen LogP contribution in [0.5, 0.6) is 0 Å². The summed E-state index contributed by atoms with van der Waals surface area (Å²) in [6.07, 6.45) is 3.66. The number of carbonyl (C=O) groups excluding carboxylic acids is 3.